The number of nitrogens with zero attached hydrogens (tertiary/aromatic N) is 2. The first kappa shape index (κ1) is 21.2. The van der Waals surface area contributed by atoms with E-state index in [1.54, 1.807) is 0 Å². The Labute approximate surface area is 180 Å². The van der Waals surface area contributed by atoms with Crippen molar-refractivity contribution in [1.29, 1.82) is 5.26 Å². The van der Waals surface area contributed by atoms with Crippen molar-refractivity contribution >= 4 is 35.1 Å². The fourth-order valence-electron chi connectivity index (χ4n) is 2.51. The topological polar surface area (TPSA) is 126 Å². The zero-order chi connectivity index (χ0) is 21.8. The summed E-state index contributed by atoms with van der Waals surface area (Å²) in [4.78, 5) is 18.4. The van der Waals surface area contributed by atoms with E-state index in [1.807, 2.05) is 6.07 Å². The van der Waals surface area contributed by atoms with Crippen molar-refractivity contribution in [2.45, 2.75) is 6.54 Å². The molecule has 30 heavy (non-hydrogen) atoms. The summed E-state index contributed by atoms with van der Waals surface area (Å²) in [5, 5.41) is 11.6. The van der Waals surface area contributed by atoms with E-state index in [9.17, 15) is 9.18 Å². The molecule has 3 rings (SSSR count). The molecule has 0 spiro atoms. The van der Waals surface area contributed by atoms with Gasteiger partial charge in [0.05, 0.1) is 23.8 Å². The average Bonchev–Trinajstić information content (AvgIpc) is 3.08. The molecule has 0 aliphatic heterocycles. The number of nitrogens with two attached hydrogens (primary N) is 1. The van der Waals surface area contributed by atoms with E-state index >= 15 is 0 Å². The molecule has 1 heterocycles. The number of halogens is 3. The molecule has 3 aromatic rings. The van der Waals surface area contributed by atoms with Crippen LogP contribution in [0.3, 0.4) is 0 Å². The second-order valence-electron chi connectivity index (χ2n) is 5.93. The number of anilines is 1. The molecule has 1 aromatic heterocycles. The monoisotopic (exact) mass is 449 g/mol. The Kier molecular flexibility index (Phi) is 6.30. The Morgan fingerprint density at radius 2 is 2.07 bits per heavy atom. The van der Waals surface area contributed by atoms with Gasteiger partial charge in [0.15, 0.2) is 23.2 Å². The quantitative estimate of drug-likeness (QED) is 0.521. The molecular weight excluding hydrogens is 436 g/mol. The number of hydrogen-bond acceptors (Lipinski definition) is 6. The van der Waals surface area contributed by atoms with E-state index < -0.39 is 11.7 Å². The lowest BCUT2D eigenvalue weighted by Crippen LogP contribution is -2.24. The first-order valence-corrected chi connectivity index (χ1v) is 9.11. The minimum atomic E-state index is -0.781. The zero-order valence-corrected chi connectivity index (χ0v) is 16.9. The summed E-state index contributed by atoms with van der Waals surface area (Å²) in [6.07, 6.45) is 0. The Bertz CT molecular complexity index is 1160. The molecule has 0 aliphatic carbocycles. The van der Waals surface area contributed by atoms with E-state index in [2.05, 4.69) is 15.3 Å². The van der Waals surface area contributed by atoms with Crippen LogP contribution in [0.1, 0.15) is 21.6 Å². The van der Waals surface area contributed by atoms with E-state index in [4.69, 9.17) is 43.7 Å². The molecular formula is C19H14Cl2FN5O3. The number of ether oxygens (including phenoxy) is 2. The summed E-state index contributed by atoms with van der Waals surface area (Å²) >= 11 is 11.9. The van der Waals surface area contributed by atoms with Crippen molar-refractivity contribution in [3.8, 4) is 23.3 Å². The molecule has 0 aliphatic rings. The molecule has 0 fully saturated rings. The second-order valence-corrected chi connectivity index (χ2v) is 6.71. The fraction of sp³-hybridized carbons (Fsp3) is 0.105. The van der Waals surface area contributed by atoms with Crippen LogP contribution < -0.4 is 20.5 Å². The van der Waals surface area contributed by atoms with Gasteiger partial charge in [-0.15, -0.1) is 0 Å². The molecule has 0 radical (unpaired) electrons. The highest BCUT2D eigenvalue weighted by atomic mass is 35.5. The van der Waals surface area contributed by atoms with E-state index in [0.29, 0.717) is 5.75 Å². The molecule has 4 N–H and O–H groups in total. The number of nitriles is 1. The summed E-state index contributed by atoms with van der Waals surface area (Å²) in [7, 11) is 1.43. The SMILES string of the molecule is COc1cc(C#N)cc(Oc2c(Cl)ccc(CNC(=O)c3nc(N)[nH]c3Cl)c2F)c1. The summed E-state index contributed by atoms with van der Waals surface area (Å²) in [6.45, 7) is -0.192. The van der Waals surface area contributed by atoms with Gasteiger partial charge in [0.1, 0.15) is 16.7 Å². The second kappa shape index (κ2) is 8.90. The van der Waals surface area contributed by atoms with Gasteiger partial charge in [-0.05, 0) is 18.2 Å². The maximum Gasteiger partial charge on any atom is 0.273 e. The molecule has 0 bridgehead atoms. The van der Waals surface area contributed by atoms with Gasteiger partial charge < -0.3 is 25.5 Å². The number of amides is 1. The maximum atomic E-state index is 15.0. The fourth-order valence-corrected chi connectivity index (χ4v) is 2.92. The predicted molar refractivity (Wildman–Crippen MR) is 108 cm³/mol. The van der Waals surface area contributed by atoms with Crippen LogP contribution >= 0.6 is 23.2 Å². The van der Waals surface area contributed by atoms with Crippen molar-refractivity contribution in [2.24, 2.45) is 0 Å². The Morgan fingerprint density at radius 1 is 1.33 bits per heavy atom. The Hall–Kier alpha value is -3.48. The number of aromatic amines is 1. The molecule has 11 heteroatoms. The highest BCUT2D eigenvalue weighted by Gasteiger charge is 2.19. The normalized spacial score (nSPS) is 10.4. The predicted octanol–water partition coefficient (Wildman–Crippen LogP) is 4.04. The number of nitrogens with one attached hydrogen (secondary N) is 2. The molecule has 1 amide bonds. The van der Waals surface area contributed by atoms with Crippen molar-refractivity contribution in [2.75, 3.05) is 12.8 Å². The highest BCUT2D eigenvalue weighted by Crippen LogP contribution is 2.35. The third kappa shape index (κ3) is 4.56. The van der Waals surface area contributed by atoms with Crippen LogP contribution in [0.5, 0.6) is 17.2 Å². The number of methoxy groups -OCH3 is 1. The van der Waals surface area contributed by atoms with Crippen LogP contribution in [0.15, 0.2) is 30.3 Å². The number of hydrogen-bond donors (Lipinski definition) is 3. The maximum absolute atomic E-state index is 15.0. The minimum absolute atomic E-state index is 0.00650. The van der Waals surface area contributed by atoms with Crippen LogP contribution in [0.4, 0.5) is 10.3 Å². The number of H-pyrrole nitrogens is 1. The van der Waals surface area contributed by atoms with Crippen molar-refractivity contribution in [1.82, 2.24) is 15.3 Å². The van der Waals surface area contributed by atoms with Gasteiger partial charge in [0.25, 0.3) is 5.91 Å². The Morgan fingerprint density at radius 3 is 2.70 bits per heavy atom. The third-order valence-electron chi connectivity index (χ3n) is 3.93. The van der Waals surface area contributed by atoms with Gasteiger partial charge in [0.2, 0.25) is 0 Å². The molecule has 154 valence electrons. The lowest BCUT2D eigenvalue weighted by molar-refractivity contribution is 0.0946. The van der Waals surface area contributed by atoms with Gasteiger partial charge in [-0.25, -0.2) is 9.37 Å². The van der Waals surface area contributed by atoms with Gasteiger partial charge >= 0.3 is 0 Å². The molecule has 0 saturated heterocycles. The van der Waals surface area contributed by atoms with Crippen molar-refractivity contribution in [3.63, 3.8) is 0 Å². The van der Waals surface area contributed by atoms with Crippen molar-refractivity contribution < 1.29 is 18.7 Å². The molecule has 0 atom stereocenters. The number of benzene rings is 2. The summed E-state index contributed by atoms with van der Waals surface area (Å²) in [5.41, 5.74) is 5.70. The molecule has 8 nitrogen and oxygen atoms in total. The lowest BCUT2D eigenvalue weighted by Gasteiger charge is -2.13. The highest BCUT2D eigenvalue weighted by molar-refractivity contribution is 6.32. The number of rotatable bonds is 6. The van der Waals surface area contributed by atoms with Gasteiger partial charge in [-0.1, -0.05) is 29.3 Å². The summed E-state index contributed by atoms with van der Waals surface area (Å²) in [6, 6.07) is 9.18. The van der Waals surface area contributed by atoms with E-state index in [1.165, 1.54) is 37.4 Å². The van der Waals surface area contributed by atoms with Crippen LogP contribution in [0.25, 0.3) is 0 Å². The average molecular weight is 450 g/mol. The smallest absolute Gasteiger partial charge is 0.273 e. The van der Waals surface area contributed by atoms with E-state index in [-0.39, 0.29) is 51.0 Å². The van der Waals surface area contributed by atoms with Crippen molar-refractivity contribution in [3.05, 3.63) is 63.1 Å². The standard InChI is InChI=1S/C19H14Cl2FN5O3/c1-29-11-4-9(7-23)5-12(6-11)30-16-13(20)3-2-10(14(16)22)8-25-18(28)15-17(21)27-19(24)26-15/h2-6H,8H2,1H3,(H,25,28)(H3,24,26,27). The molecule has 0 unspecified atom stereocenters. The zero-order valence-electron chi connectivity index (χ0n) is 15.4. The first-order chi connectivity index (χ1) is 14.3. The largest absolute Gasteiger partial charge is 0.497 e. The van der Waals surface area contributed by atoms with E-state index in [0.717, 1.165) is 0 Å². The number of aromatic nitrogens is 2. The van der Waals surface area contributed by atoms with Gasteiger partial charge in [-0.3, -0.25) is 4.79 Å². The third-order valence-corrected chi connectivity index (χ3v) is 4.50. The number of nitrogen functional groups attached to an aromatic ring is 1. The number of imidazole rings is 1. The Balaban J connectivity index is 1.83. The molecule has 0 saturated carbocycles. The first-order valence-electron chi connectivity index (χ1n) is 8.35. The van der Waals surface area contributed by atoms with Gasteiger partial charge in [0, 0.05) is 18.2 Å². The van der Waals surface area contributed by atoms with Crippen LogP contribution in [-0.4, -0.2) is 23.0 Å². The summed E-state index contributed by atoms with van der Waals surface area (Å²) < 4.78 is 25.7. The van der Waals surface area contributed by atoms with Crippen LogP contribution in [-0.2, 0) is 6.54 Å². The summed E-state index contributed by atoms with van der Waals surface area (Å²) in [5.74, 6) is -1.19. The minimum Gasteiger partial charge on any atom is -0.497 e. The van der Waals surface area contributed by atoms with Crippen LogP contribution in [0, 0.1) is 17.1 Å². The lowest BCUT2D eigenvalue weighted by atomic mass is 10.2. The number of carbonyl (C=O) groups is 1. The number of carbonyl (C=O) groups excluding carboxylic acids is 1. The van der Waals surface area contributed by atoms with Gasteiger partial charge in [-0.2, -0.15) is 5.26 Å². The van der Waals surface area contributed by atoms with Crippen LogP contribution in [0.2, 0.25) is 10.2 Å². The molecule has 2 aromatic carbocycles.